The number of hydrogen-bond acceptors (Lipinski definition) is 3. The molecule has 128 valence electrons. The third-order valence-corrected chi connectivity index (χ3v) is 3.78. The summed E-state index contributed by atoms with van der Waals surface area (Å²) in [6, 6.07) is 11.2. The summed E-state index contributed by atoms with van der Waals surface area (Å²) in [6.45, 7) is 2.23. The minimum absolute atomic E-state index is 0.184. The van der Waals surface area contributed by atoms with E-state index in [1.165, 1.54) is 18.2 Å². The van der Waals surface area contributed by atoms with E-state index >= 15 is 0 Å². The minimum atomic E-state index is -0.819. The first kappa shape index (κ1) is 18.5. The van der Waals surface area contributed by atoms with Crippen molar-refractivity contribution in [2.75, 3.05) is 6.61 Å². The molecule has 0 saturated carbocycles. The number of carbonyl (C=O) groups is 1. The molecule has 4 nitrogen and oxygen atoms in total. The predicted molar refractivity (Wildman–Crippen MR) is 94.6 cm³/mol. The highest BCUT2D eigenvalue weighted by Crippen LogP contribution is 2.32. The first-order valence-electron chi connectivity index (χ1n) is 7.55. The second kappa shape index (κ2) is 8.32. The maximum Gasteiger partial charge on any atom is 0.259 e. The van der Waals surface area contributed by atoms with E-state index < -0.39 is 5.91 Å². The summed E-state index contributed by atoms with van der Waals surface area (Å²) in [6.07, 6.45) is 1.74. The Bertz CT molecular complexity index is 872. The van der Waals surface area contributed by atoms with Crippen molar-refractivity contribution < 1.29 is 13.9 Å². The van der Waals surface area contributed by atoms with E-state index in [9.17, 15) is 9.18 Å². The number of nitrogens with zero attached hydrogens (tertiary/aromatic N) is 1. The van der Waals surface area contributed by atoms with Gasteiger partial charge in [0.25, 0.3) is 5.91 Å². The van der Waals surface area contributed by atoms with Gasteiger partial charge >= 0.3 is 0 Å². The van der Waals surface area contributed by atoms with Crippen molar-refractivity contribution in [1.82, 2.24) is 0 Å². The molecule has 2 aromatic rings. The summed E-state index contributed by atoms with van der Waals surface area (Å²) < 4.78 is 19.0. The maximum absolute atomic E-state index is 13.4. The summed E-state index contributed by atoms with van der Waals surface area (Å²) in [5.41, 5.74) is 6.93. The average Bonchev–Trinajstić information content (AvgIpc) is 2.56. The third kappa shape index (κ3) is 4.82. The van der Waals surface area contributed by atoms with E-state index in [0.717, 1.165) is 5.56 Å². The standard InChI is InChI=1S/C19H16ClFN2O2/c1-2-25-18-10-13(6-14(11-22)19(23)24)9-17(20)16(18)8-12-4-3-5-15(21)7-12/h3-7,9-10H,2,8H2,1H3,(H2,23,24)/b14-6+. The molecule has 0 saturated heterocycles. The van der Waals surface area contributed by atoms with Crippen molar-refractivity contribution in [3.8, 4) is 11.8 Å². The normalized spacial score (nSPS) is 11.0. The molecule has 0 aromatic heterocycles. The van der Waals surface area contributed by atoms with E-state index in [1.807, 2.05) is 6.92 Å². The molecule has 0 heterocycles. The molecule has 2 N–H and O–H groups in total. The highest BCUT2D eigenvalue weighted by atomic mass is 35.5. The lowest BCUT2D eigenvalue weighted by Gasteiger charge is -2.14. The first-order chi connectivity index (χ1) is 11.9. The zero-order valence-electron chi connectivity index (χ0n) is 13.6. The van der Waals surface area contributed by atoms with E-state index in [2.05, 4.69) is 0 Å². The fourth-order valence-electron chi connectivity index (χ4n) is 2.35. The Labute approximate surface area is 150 Å². The third-order valence-electron chi connectivity index (χ3n) is 3.44. The van der Waals surface area contributed by atoms with E-state index in [1.54, 1.807) is 30.3 Å². The summed E-state index contributed by atoms with van der Waals surface area (Å²) in [7, 11) is 0. The van der Waals surface area contributed by atoms with Crippen LogP contribution in [0.2, 0.25) is 5.02 Å². The zero-order valence-corrected chi connectivity index (χ0v) is 14.3. The highest BCUT2D eigenvalue weighted by molar-refractivity contribution is 6.31. The summed E-state index contributed by atoms with van der Waals surface area (Å²) in [4.78, 5) is 11.2. The predicted octanol–water partition coefficient (Wildman–Crippen LogP) is 3.86. The number of halogens is 2. The molecule has 2 aromatic carbocycles. The van der Waals surface area contributed by atoms with Crippen molar-refractivity contribution >= 4 is 23.6 Å². The fourth-order valence-corrected chi connectivity index (χ4v) is 2.63. The fraction of sp³-hybridized carbons (Fsp3) is 0.158. The van der Waals surface area contributed by atoms with Crippen LogP contribution in [-0.2, 0) is 11.2 Å². The van der Waals surface area contributed by atoms with Crippen LogP contribution in [0.25, 0.3) is 6.08 Å². The molecule has 1 amide bonds. The Kier molecular flexibility index (Phi) is 6.15. The Morgan fingerprint density at radius 1 is 1.40 bits per heavy atom. The number of benzene rings is 2. The van der Waals surface area contributed by atoms with E-state index in [0.29, 0.717) is 34.9 Å². The second-order valence-electron chi connectivity index (χ2n) is 5.25. The number of carbonyl (C=O) groups excluding carboxylic acids is 1. The SMILES string of the molecule is CCOc1cc(/C=C(\C#N)C(N)=O)cc(Cl)c1Cc1cccc(F)c1. The Balaban J connectivity index is 2.47. The molecule has 25 heavy (non-hydrogen) atoms. The molecule has 0 aliphatic carbocycles. The van der Waals surface area contributed by atoms with E-state index in [4.69, 9.17) is 27.3 Å². The van der Waals surface area contributed by atoms with Crippen LogP contribution in [0.1, 0.15) is 23.6 Å². The van der Waals surface area contributed by atoms with Crippen molar-refractivity contribution in [3.63, 3.8) is 0 Å². The number of amides is 1. The lowest BCUT2D eigenvalue weighted by Crippen LogP contribution is -2.12. The summed E-state index contributed by atoms with van der Waals surface area (Å²) in [5, 5.41) is 9.35. The lowest BCUT2D eigenvalue weighted by molar-refractivity contribution is -0.114. The average molecular weight is 359 g/mol. The number of primary amides is 1. The zero-order chi connectivity index (χ0) is 18.4. The van der Waals surface area contributed by atoms with Crippen molar-refractivity contribution in [1.29, 1.82) is 5.26 Å². The number of rotatable bonds is 6. The van der Waals surface area contributed by atoms with Gasteiger partial charge in [-0.2, -0.15) is 5.26 Å². The number of nitriles is 1. The van der Waals surface area contributed by atoms with Gasteiger partial charge in [-0.1, -0.05) is 23.7 Å². The van der Waals surface area contributed by atoms with Crippen LogP contribution in [0.5, 0.6) is 5.75 Å². The van der Waals surface area contributed by atoms with Crippen LogP contribution in [0.15, 0.2) is 42.0 Å². The van der Waals surface area contributed by atoms with Gasteiger partial charge in [-0.25, -0.2) is 4.39 Å². The molecule has 6 heteroatoms. The van der Waals surface area contributed by atoms with Gasteiger partial charge in [-0.15, -0.1) is 0 Å². The van der Waals surface area contributed by atoms with Crippen molar-refractivity contribution in [3.05, 3.63) is 69.5 Å². The Morgan fingerprint density at radius 2 is 2.16 bits per heavy atom. The van der Waals surface area contributed by atoms with Crippen molar-refractivity contribution in [2.45, 2.75) is 13.3 Å². The van der Waals surface area contributed by atoms with Crippen LogP contribution in [-0.4, -0.2) is 12.5 Å². The van der Waals surface area contributed by atoms with Gasteiger partial charge < -0.3 is 10.5 Å². The smallest absolute Gasteiger partial charge is 0.259 e. The lowest BCUT2D eigenvalue weighted by atomic mass is 10.0. The molecule has 0 aliphatic rings. The van der Waals surface area contributed by atoms with Gasteiger partial charge in [0.1, 0.15) is 23.2 Å². The molecule has 0 unspecified atom stereocenters. The largest absolute Gasteiger partial charge is 0.494 e. The van der Waals surface area contributed by atoms with E-state index in [-0.39, 0.29) is 11.4 Å². The molecule has 0 spiro atoms. The molecule has 0 radical (unpaired) electrons. The quantitative estimate of drug-likeness (QED) is 0.629. The molecular weight excluding hydrogens is 343 g/mol. The number of nitrogens with two attached hydrogens (primary N) is 1. The second-order valence-corrected chi connectivity index (χ2v) is 5.66. The minimum Gasteiger partial charge on any atom is -0.494 e. The van der Waals surface area contributed by atoms with Gasteiger partial charge in [0.15, 0.2) is 0 Å². The molecule has 0 fully saturated rings. The van der Waals surface area contributed by atoms with Gasteiger partial charge in [0.2, 0.25) is 0 Å². The van der Waals surface area contributed by atoms with Gasteiger partial charge in [-0.05, 0) is 48.4 Å². The van der Waals surface area contributed by atoms with Crippen LogP contribution < -0.4 is 10.5 Å². The van der Waals surface area contributed by atoms with Crippen LogP contribution in [0.3, 0.4) is 0 Å². The maximum atomic E-state index is 13.4. The van der Waals surface area contributed by atoms with Crippen LogP contribution in [0.4, 0.5) is 4.39 Å². The molecular formula is C19H16ClFN2O2. The topological polar surface area (TPSA) is 76.1 Å². The number of ether oxygens (including phenoxy) is 1. The Morgan fingerprint density at radius 3 is 2.76 bits per heavy atom. The van der Waals surface area contributed by atoms with Crippen LogP contribution in [0, 0.1) is 17.1 Å². The molecule has 0 aliphatic heterocycles. The molecule has 0 atom stereocenters. The van der Waals surface area contributed by atoms with Crippen LogP contribution >= 0.6 is 11.6 Å². The van der Waals surface area contributed by atoms with Gasteiger partial charge in [-0.3, -0.25) is 4.79 Å². The highest BCUT2D eigenvalue weighted by Gasteiger charge is 2.13. The summed E-state index contributed by atoms with van der Waals surface area (Å²) >= 11 is 6.36. The molecule has 0 bridgehead atoms. The molecule has 2 rings (SSSR count). The monoisotopic (exact) mass is 358 g/mol. The van der Waals surface area contributed by atoms with Gasteiger partial charge in [0, 0.05) is 17.0 Å². The summed E-state index contributed by atoms with van der Waals surface area (Å²) in [5.74, 6) is -0.640. The Hall–Kier alpha value is -2.84. The van der Waals surface area contributed by atoms with Gasteiger partial charge in [0.05, 0.1) is 6.61 Å². The number of hydrogen-bond donors (Lipinski definition) is 1. The first-order valence-corrected chi connectivity index (χ1v) is 7.93. The van der Waals surface area contributed by atoms with Crippen molar-refractivity contribution in [2.24, 2.45) is 5.73 Å².